The number of amides is 1. The van der Waals surface area contributed by atoms with E-state index in [1.807, 2.05) is 30.3 Å². The van der Waals surface area contributed by atoms with E-state index in [1.54, 1.807) is 12.3 Å². The third kappa shape index (κ3) is 5.08. The maximum absolute atomic E-state index is 12.9. The molecule has 0 aliphatic carbocycles. The molecule has 3 aromatic rings. The van der Waals surface area contributed by atoms with Gasteiger partial charge in [0.1, 0.15) is 15.5 Å². The van der Waals surface area contributed by atoms with Gasteiger partial charge in [0.2, 0.25) is 10.0 Å². The van der Waals surface area contributed by atoms with E-state index >= 15 is 0 Å². The van der Waals surface area contributed by atoms with Gasteiger partial charge < -0.3 is 10.1 Å². The summed E-state index contributed by atoms with van der Waals surface area (Å²) in [6.07, 6.45) is 0. The fourth-order valence-electron chi connectivity index (χ4n) is 2.78. The van der Waals surface area contributed by atoms with Crippen molar-refractivity contribution in [1.29, 1.82) is 0 Å². The molecule has 0 bridgehead atoms. The van der Waals surface area contributed by atoms with Crippen LogP contribution in [-0.2, 0) is 14.8 Å². The van der Waals surface area contributed by atoms with Gasteiger partial charge in [-0.2, -0.15) is 0 Å². The SMILES string of the molecule is CCOC(=O)c1c(-c2ccccc2)csc1NC(=O)c1cc(S(N)(=O)=O)c(Cl)cc1Cl. The van der Waals surface area contributed by atoms with Gasteiger partial charge in [0.25, 0.3) is 5.91 Å². The molecular weight excluding hydrogens is 483 g/mol. The summed E-state index contributed by atoms with van der Waals surface area (Å²) in [6, 6.07) is 11.2. The van der Waals surface area contributed by atoms with Crippen LogP contribution in [-0.4, -0.2) is 26.9 Å². The number of ether oxygens (including phenoxy) is 1. The number of carbonyl (C=O) groups excluding carboxylic acids is 2. The first-order valence-corrected chi connectivity index (χ1v) is 12.0. The number of carbonyl (C=O) groups is 2. The van der Waals surface area contributed by atoms with Crippen molar-refractivity contribution in [2.24, 2.45) is 5.14 Å². The van der Waals surface area contributed by atoms with Gasteiger partial charge in [0, 0.05) is 10.9 Å². The normalized spacial score (nSPS) is 11.2. The summed E-state index contributed by atoms with van der Waals surface area (Å²) >= 11 is 13.1. The van der Waals surface area contributed by atoms with Gasteiger partial charge in [-0.05, 0) is 24.6 Å². The quantitative estimate of drug-likeness (QED) is 0.473. The van der Waals surface area contributed by atoms with Crippen LogP contribution in [0.15, 0.2) is 52.7 Å². The maximum Gasteiger partial charge on any atom is 0.341 e. The van der Waals surface area contributed by atoms with Crippen molar-refractivity contribution < 1.29 is 22.7 Å². The molecule has 162 valence electrons. The summed E-state index contributed by atoms with van der Waals surface area (Å²) in [6.45, 7) is 1.82. The van der Waals surface area contributed by atoms with Crippen LogP contribution in [0.3, 0.4) is 0 Å². The number of hydrogen-bond acceptors (Lipinski definition) is 6. The number of thiophene rings is 1. The zero-order chi connectivity index (χ0) is 22.8. The molecule has 0 saturated carbocycles. The van der Waals surface area contributed by atoms with Crippen molar-refractivity contribution in [3.63, 3.8) is 0 Å². The second-order valence-corrected chi connectivity index (χ2v) is 9.43. The highest BCUT2D eigenvalue weighted by Gasteiger charge is 2.25. The van der Waals surface area contributed by atoms with Crippen LogP contribution >= 0.6 is 34.5 Å². The van der Waals surface area contributed by atoms with Crippen molar-refractivity contribution >= 4 is 61.4 Å². The highest BCUT2D eigenvalue weighted by Crippen LogP contribution is 2.37. The van der Waals surface area contributed by atoms with Crippen molar-refractivity contribution in [2.75, 3.05) is 11.9 Å². The lowest BCUT2D eigenvalue weighted by atomic mass is 10.0. The number of nitrogens with two attached hydrogens (primary N) is 1. The first-order valence-electron chi connectivity index (χ1n) is 8.80. The van der Waals surface area contributed by atoms with Crippen molar-refractivity contribution in [3.8, 4) is 11.1 Å². The Morgan fingerprint density at radius 3 is 2.42 bits per heavy atom. The molecule has 1 amide bonds. The summed E-state index contributed by atoms with van der Waals surface area (Å²) in [5.74, 6) is -1.34. The lowest BCUT2D eigenvalue weighted by Crippen LogP contribution is -2.18. The predicted octanol–water partition coefficient (Wildman–Crippen LogP) is 4.80. The number of primary sulfonamides is 1. The van der Waals surface area contributed by atoms with Crippen molar-refractivity contribution in [3.05, 3.63) is 69.0 Å². The summed E-state index contributed by atoms with van der Waals surface area (Å²) in [7, 11) is -4.18. The summed E-state index contributed by atoms with van der Waals surface area (Å²) in [5.41, 5.74) is 1.37. The minimum Gasteiger partial charge on any atom is -0.462 e. The third-order valence-electron chi connectivity index (χ3n) is 4.16. The van der Waals surface area contributed by atoms with E-state index in [9.17, 15) is 18.0 Å². The van der Waals surface area contributed by atoms with Gasteiger partial charge in [0.15, 0.2) is 0 Å². The molecule has 1 heterocycles. The summed E-state index contributed by atoms with van der Waals surface area (Å²) in [4.78, 5) is 25.1. The van der Waals surface area contributed by atoms with E-state index in [2.05, 4.69) is 5.32 Å². The molecule has 0 saturated heterocycles. The average molecular weight is 499 g/mol. The molecule has 0 fully saturated rings. The van der Waals surface area contributed by atoms with Gasteiger partial charge >= 0.3 is 5.97 Å². The third-order valence-corrected chi connectivity index (χ3v) is 6.74. The van der Waals surface area contributed by atoms with Crippen LogP contribution in [0.2, 0.25) is 10.0 Å². The first kappa shape index (κ1) is 23.2. The number of esters is 1. The second kappa shape index (κ2) is 9.37. The van der Waals surface area contributed by atoms with Gasteiger partial charge in [-0.3, -0.25) is 4.79 Å². The fraction of sp³-hybridized carbons (Fsp3) is 0.100. The summed E-state index contributed by atoms with van der Waals surface area (Å²) in [5, 5.41) is 9.42. The topological polar surface area (TPSA) is 116 Å². The Bertz CT molecular complexity index is 1260. The molecule has 1 aromatic heterocycles. The molecular formula is C20H16Cl2N2O5S2. The van der Waals surface area contributed by atoms with E-state index in [4.69, 9.17) is 33.1 Å². The molecule has 0 aliphatic rings. The molecule has 0 unspecified atom stereocenters. The fourth-order valence-corrected chi connectivity index (χ4v) is 5.13. The van der Waals surface area contributed by atoms with Crippen LogP contribution in [0.25, 0.3) is 11.1 Å². The number of sulfonamides is 1. The minimum atomic E-state index is -4.18. The molecule has 0 spiro atoms. The molecule has 3 N–H and O–H groups in total. The zero-order valence-corrected chi connectivity index (χ0v) is 19.2. The van der Waals surface area contributed by atoms with E-state index in [0.29, 0.717) is 5.56 Å². The van der Waals surface area contributed by atoms with Crippen molar-refractivity contribution in [2.45, 2.75) is 11.8 Å². The molecule has 0 aliphatic heterocycles. The number of rotatable bonds is 6. The Hall–Kier alpha value is -2.43. The lowest BCUT2D eigenvalue weighted by Gasteiger charge is -2.11. The number of hydrogen-bond donors (Lipinski definition) is 2. The Kier molecular flexibility index (Phi) is 7.03. The standard InChI is InChI=1S/C20H16Cl2N2O5S2/c1-2-29-20(26)17-13(11-6-4-3-5-7-11)10-30-19(17)24-18(25)12-8-16(31(23,27)28)15(22)9-14(12)21/h3-10H,2H2,1H3,(H,24,25)(H2,23,27,28). The maximum atomic E-state index is 12.9. The van der Waals surface area contributed by atoms with Crippen LogP contribution < -0.4 is 10.5 Å². The Balaban J connectivity index is 2.04. The monoisotopic (exact) mass is 498 g/mol. The highest BCUT2D eigenvalue weighted by atomic mass is 35.5. The molecule has 0 radical (unpaired) electrons. The van der Waals surface area contributed by atoms with Gasteiger partial charge in [-0.1, -0.05) is 53.5 Å². The second-order valence-electron chi connectivity index (χ2n) is 6.20. The van der Waals surface area contributed by atoms with Crippen LogP contribution in [0.5, 0.6) is 0 Å². The number of nitrogens with one attached hydrogen (secondary N) is 1. The Morgan fingerprint density at radius 1 is 1.13 bits per heavy atom. The van der Waals surface area contributed by atoms with E-state index in [-0.39, 0.29) is 32.8 Å². The Morgan fingerprint density at radius 2 is 1.81 bits per heavy atom. The first-order chi connectivity index (χ1) is 14.6. The zero-order valence-electron chi connectivity index (χ0n) is 16.0. The lowest BCUT2D eigenvalue weighted by molar-refractivity contribution is 0.0529. The van der Waals surface area contributed by atoms with Gasteiger partial charge in [0.05, 0.1) is 22.2 Å². The number of benzene rings is 2. The molecule has 31 heavy (non-hydrogen) atoms. The molecule has 3 rings (SSSR count). The van der Waals surface area contributed by atoms with Crippen LogP contribution in [0, 0.1) is 0 Å². The highest BCUT2D eigenvalue weighted by molar-refractivity contribution is 7.89. The summed E-state index contributed by atoms with van der Waals surface area (Å²) < 4.78 is 28.6. The van der Waals surface area contributed by atoms with E-state index < -0.39 is 26.8 Å². The Labute approximate surface area is 192 Å². The van der Waals surface area contributed by atoms with Gasteiger partial charge in [-0.15, -0.1) is 11.3 Å². The van der Waals surface area contributed by atoms with Gasteiger partial charge in [-0.25, -0.2) is 18.4 Å². The predicted molar refractivity (Wildman–Crippen MR) is 121 cm³/mol. The molecule has 11 heteroatoms. The smallest absolute Gasteiger partial charge is 0.341 e. The largest absolute Gasteiger partial charge is 0.462 e. The average Bonchev–Trinajstić information content (AvgIpc) is 3.11. The molecule has 2 aromatic carbocycles. The van der Waals surface area contributed by atoms with Crippen LogP contribution in [0.4, 0.5) is 5.00 Å². The van der Waals surface area contributed by atoms with E-state index in [1.165, 1.54) is 0 Å². The van der Waals surface area contributed by atoms with E-state index in [0.717, 1.165) is 29.0 Å². The van der Waals surface area contributed by atoms with Crippen LogP contribution in [0.1, 0.15) is 27.6 Å². The van der Waals surface area contributed by atoms with Crippen molar-refractivity contribution in [1.82, 2.24) is 0 Å². The molecule has 0 atom stereocenters. The number of anilines is 1. The number of halogens is 2. The molecule has 7 nitrogen and oxygen atoms in total. The minimum absolute atomic E-state index is 0.0765.